The minimum absolute atomic E-state index is 0.00856. The number of benzene rings is 2. The fourth-order valence-electron chi connectivity index (χ4n) is 2.35. The molecule has 1 amide bonds. The van der Waals surface area contributed by atoms with Crippen LogP contribution in [-0.2, 0) is 15.7 Å². The van der Waals surface area contributed by atoms with E-state index < -0.39 is 34.4 Å². The van der Waals surface area contributed by atoms with Gasteiger partial charge in [0.25, 0.3) is 5.91 Å². The molecule has 2 aromatic carbocycles. The molecule has 0 saturated carbocycles. The Morgan fingerprint density at radius 3 is 2.52 bits per heavy atom. The normalized spacial score (nSPS) is 12.2. The molecule has 0 spiro atoms. The molecule has 8 nitrogen and oxygen atoms in total. The molecule has 0 bridgehead atoms. The standard InChI is InChI=1S/C19H18ClF3N2O6/c1-11(18(26)24-7-8-29-2)30-17-10-13(4-5-15(17)25(27)28)31-16-6-3-12(9-14(16)20)19(21,22)23/h3-6,9-11H,7-8H2,1-2H3,(H,24,26). The molecule has 0 aliphatic rings. The van der Waals surface area contributed by atoms with Crippen molar-refractivity contribution < 1.29 is 37.1 Å². The van der Waals surface area contributed by atoms with Gasteiger partial charge in [-0.15, -0.1) is 0 Å². The largest absolute Gasteiger partial charge is 0.474 e. The Morgan fingerprint density at radius 1 is 1.23 bits per heavy atom. The lowest BCUT2D eigenvalue weighted by Crippen LogP contribution is -2.38. The van der Waals surface area contributed by atoms with Crippen molar-refractivity contribution in [3.63, 3.8) is 0 Å². The number of halogens is 4. The number of rotatable bonds is 9. The fraction of sp³-hybridized carbons (Fsp3) is 0.316. The minimum atomic E-state index is -4.57. The van der Waals surface area contributed by atoms with E-state index in [0.717, 1.165) is 24.3 Å². The molecule has 1 N–H and O–H groups in total. The zero-order valence-corrected chi connectivity index (χ0v) is 17.1. The van der Waals surface area contributed by atoms with E-state index in [1.807, 2.05) is 0 Å². The Balaban J connectivity index is 2.23. The quantitative estimate of drug-likeness (QED) is 0.332. The van der Waals surface area contributed by atoms with Crippen LogP contribution >= 0.6 is 11.6 Å². The summed E-state index contributed by atoms with van der Waals surface area (Å²) in [4.78, 5) is 22.6. The lowest BCUT2D eigenvalue weighted by molar-refractivity contribution is -0.386. The number of hydrogen-bond donors (Lipinski definition) is 1. The second kappa shape index (κ2) is 10.3. The first kappa shape index (κ1) is 24.2. The SMILES string of the molecule is COCCNC(=O)C(C)Oc1cc(Oc2ccc(C(F)(F)F)cc2Cl)ccc1[N+](=O)[O-]. The van der Waals surface area contributed by atoms with Gasteiger partial charge >= 0.3 is 11.9 Å². The molecule has 12 heteroatoms. The first-order chi connectivity index (χ1) is 14.5. The van der Waals surface area contributed by atoms with Gasteiger partial charge in [0, 0.05) is 25.8 Å². The number of amides is 1. The van der Waals surface area contributed by atoms with Crippen molar-refractivity contribution in [1.82, 2.24) is 5.32 Å². The highest BCUT2D eigenvalue weighted by molar-refractivity contribution is 6.32. The van der Waals surface area contributed by atoms with Crippen molar-refractivity contribution in [2.24, 2.45) is 0 Å². The lowest BCUT2D eigenvalue weighted by atomic mass is 10.2. The summed E-state index contributed by atoms with van der Waals surface area (Å²) < 4.78 is 54.0. The highest BCUT2D eigenvalue weighted by Gasteiger charge is 2.31. The number of methoxy groups -OCH3 is 1. The maximum atomic E-state index is 12.8. The van der Waals surface area contributed by atoms with E-state index >= 15 is 0 Å². The van der Waals surface area contributed by atoms with Crippen LogP contribution in [0.15, 0.2) is 36.4 Å². The van der Waals surface area contributed by atoms with Crippen LogP contribution in [0, 0.1) is 10.1 Å². The zero-order chi connectivity index (χ0) is 23.2. The van der Waals surface area contributed by atoms with Crippen LogP contribution in [-0.4, -0.2) is 37.2 Å². The van der Waals surface area contributed by atoms with E-state index in [1.54, 1.807) is 0 Å². The number of carbonyl (C=O) groups excluding carboxylic acids is 1. The summed E-state index contributed by atoms with van der Waals surface area (Å²) in [5, 5.41) is 13.5. The van der Waals surface area contributed by atoms with Gasteiger partial charge in [-0.2, -0.15) is 13.2 Å². The molecule has 2 aromatic rings. The van der Waals surface area contributed by atoms with Crippen LogP contribution in [0.4, 0.5) is 18.9 Å². The second-order valence-corrected chi connectivity index (χ2v) is 6.58. The Labute approximate surface area is 180 Å². The Hall–Kier alpha value is -3.05. The molecule has 31 heavy (non-hydrogen) atoms. The minimum Gasteiger partial charge on any atom is -0.474 e. The van der Waals surface area contributed by atoms with Crippen LogP contribution in [0.3, 0.4) is 0 Å². The Morgan fingerprint density at radius 2 is 1.94 bits per heavy atom. The number of carbonyl (C=O) groups is 1. The Kier molecular flexibility index (Phi) is 8.06. The molecule has 0 aliphatic heterocycles. The second-order valence-electron chi connectivity index (χ2n) is 6.18. The van der Waals surface area contributed by atoms with Crippen molar-refractivity contribution in [1.29, 1.82) is 0 Å². The van der Waals surface area contributed by atoms with Gasteiger partial charge in [-0.05, 0) is 31.2 Å². The molecule has 0 aromatic heterocycles. The molecule has 1 unspecified atom stereocenters. The predicted molar refractivity (Wildman–Crippen MR) is 105 cm³/mol. The number of nitro benzene ring substituents is 1. The van der Waals surface area contributed by atoms with Gasteiger partial charge in [-0.25, -0.2) is 0 Å². The topological polar surface area (TPSA) is 99.9 Å². The first-order valence-electron chi connectivity index (χ1n) is 8.79. The van der Waals surface area contributed by atoms with Gasteiger partial charge in [0.05, 0.1) is 22.1 Å². The monoisotopic (exact) mass is 462 g/mol. The van der Waals surface area contributed by atoms with Gasteiger partial charge in [0.15, 0.2) is 6.10 Å². The highest BCUT2D eigenvalue weighted by atomic mass is 35.5. The van der Waals surface area contributed by atoms with E-state index in [0.29, 0.717) is 6.07 Å². The molecule has 0 fully saturated rings. The summed E-state index contributed by atoms with van der Waals surface area (Å²) in [6.45, 7) is 1.89. The van der Waals surface area contributed by atoms with Crippen molar-refractivity contribution in [2.75, 3.05) is 20.3 Å². The number of nitrogens with one attached hydrogen (secondary N) is 1. The van der Waals surface area contributed by atoms with Crippen LogP contribution in [0.1, 0.15) is 12.5 Å². The third-order valence-corrected chi connectivity index (χ3v) is 4.19. The molecule has 0 saturated heterocycles. The average molecular weight is 463 g/mol. The van der Waals surface area contributed by atoms with E-state index in [2.05, 4.69) is 5.32 Å². The predicted octanol–water partition coefficient (Wildman–Crippen LogP) is 4.59. The smallest absolute Gasteiger partial charge is 0.416 e. The molecule has 0 heterocycles. The molecule has 0 aliphatic carbocycles. The van der Waals surface area contributed by atoms with Crippen LogP contribution in [0.5, 0.6) is 17.2 Å². The highest BCUT2D eigenvalue weighted by Crippen LogP contribution is 2.38. The summed E-state index contributed by atoms with van der Waals surface area (Å²) in [5.41, 5.74) is -1.38. The molecular formula is C19H18ClF3N2O6. The Bertz CT molecular complexity index is 955. The molecular weight excluding hydrogens is 445 g/mol. The van der Waals surface area contributed by atoms with Gasteiger partial charge < -0.3 is 19.5 Å². The van der Waals surface area contributed by atoms with Gasteiger partial charge in [-0.1, -0.05) is 11.6 Å². The van der Waals surface area contributed by atoms with Crippen LogP contribution in [0.2, 0.25) is 5.02 Å². The zero-order valence-electron chi connectivity index (χ0n) is 16.4. The number of hydrogen-bond acceptors (Lipinski definition) is 6. The van der Waals surface area contributed by atoms with Crippen molar-refractivity contribution in [3.05, 3.63) is 57.1 Å². The summed E-state index contributed by atoms with van der Waals surface area (Å²) in [7, 11) is 1.46. The van der Waals surface area contributed by atoms with E-state index in [1.165, 1.54) is 20.1 Å². The average Bonchev–Trinajstić information content (AvgIpc) is 2.68. The number of nitrogens with zero attached hydrogens (tertiary/aromatic N) is 1. The third kappa shape index (κ3) is 6.72. The van der Waals surface area contributed by atoms with Gasteiger partial charge in [0.1, 0.15) is 11.5 Å². The van der Waals surface area contributed by atoms with E-state index in [9.17, 15) is 28.1 Å². The van der Waals surface area contributed by atoms with Gasteiger partial charge in [0.2, 0.25) is 5.75 Å². The molecule has 1 atom stereocenters. The summed E-state index contributed by atoms with van der Waals surface area (Å²) >= 11 is 5.87. The number of ether oxygens (including phenoxy) is 3. The number of nitro groups is 1. The molecule has 168 valence electrons. The van der Waals surface area contributed by atoms with Crippen molar-refractivity contribution in [2.45, 2.75) is 19.2 Å². The van der Waals surface area contributed by atoms with Crippen LogP contribution < -0.4 is 14.8 Å². The molecule has 0 radical (unpaired) electrons. The van der Waals surface area contributed by atoms with Crippen LogP contribution in [0.25, 0.3) is 0 Å². The summed E-state index contributed by atoms with van der Waals surface area (Å²) in [6, 6.07) is 5.97. The number of alkyl halides is 3. The maximum absolute atomic E-state index is 12.8. The summed E-state index contributed by atoms with van der Waals surface area (Å²) in [5.74, 6) is -0.877. The fourth-order valence-corrected chi connectivity index (χ4v) is 2.57. The maximum Gasteiger partial charge on any atom is 0.416 e. The lowest BCUT2D eigenvalue weighted by Gasteiger charge is -2.16. The van der Waals surface area contributed by atoms with Gasteiger partial charge in [-0.3, -0.25) is 14.9 Å². The van der Waals surface area contributed by atoms with Crippen molar-refractivity contribution in [3.8, 4) is 17.2 Å². The molecule has 2 rings (SSSR count). The summed E-state index contributed by atoms with van der Waals surface area (Å²) in [6.07, 6.45) is -5.66. The first-order valence-corrected chi connectivity index (χ1v) is 9.17. The van der Waals surface area contributed by atoms with E-state index in [4.69, 9.17) is 25.8 Å². The van der Waals surface area contributed by atoms with E-state index in [-0.39, 0.29) is 35.4 Å². The van der Waals surface area contributed by atoms with Crippen molar-refractivity contribution >= 4 is 23.2 Å². The third-order valence-electron chi connectivity index (χ3n) is 3.89.